The van der Waals surface area contributed by atoms with Gasteiger partial charge in [0.1, 0.15) is 35.7 Å². The van der Waals surface area contributed by atoms with Gasteiger partial charge in [0.05, 0.1) is 36.1 Å². The molecule has 7 rings (SSSR count). The van der Waals surface area contributed by atoms with Gasteiger partial charge in [-0.3, -0.25) is 9.69 Å². The first-order valence-electron chi connectivity index (χ1n) is 14.4. The predicted molar refractivity (Wildman–Crippen MR) is 149 cm³/mol. The fourth-order valence-electron chi connectivity index (χ4n) is 7.07. The maximum atomic E-state index is 14.9. The van der Waals surface area contributed by atoms with Crippen LogP contribution in [-0.2, 0) is 17.7 Å². The van der Waals surface area contributed by atoms with Gasteiger partial charge in [0.25, 0.3) is 5.91 Å². The van der Waals surface area contributed by atoms with Gasteiger partial charge in [0, 0.05) is 31.0 Å². The van der Waals surface area contributed by atoms with Crippen LogP contribution in [0.25, 0.3) is 10.8 Å². The molecule has 0 aliphatic carbocycles. The predicted octanol–water partition coefficient (Wildman–Crippen LogP) is 4.35. The second-order valence-electron chi connectivity index (χ2n) is 11.6. The van der Waals surface area contributed by atoms with Crippen molar-refractivity contribution >= 4 is 28.2 Å². The van der Waals surface area contributed by atoms with E-state index in [4.69, 9.17) is 9.47 Å². The molecule has 2 N–H and O–H groups in total. The van der Waals surface area contributed by atoms with Crippen molar-refractivity contribution in [3.63, 3.8) is 0 Å². The molecule has 0 spiro atoms. The van der Waals surface area contributed by atoms with E-state index in [1.165, 1.54) is 17.0 Å². The largest absolute Gasteiger partial charge is 0.508 e. The monoisotopic (exact) mass is 565 g/mol. The van der Waals surface area contributed by atoms with Crippen LogP contribution < -0.4 is 15.0 Å². The van der Waals surface area contributed by atoms with Crippen LogP contribution in [-0.4, -0.2) is 76.5 Å². The normalized spacial score (nSPS) is 25.7. The van der Waals surface area contributed by atoms with Crippen LogP contribution >= 0.6 is 0 Å². The molecule has 3 fully saturated rings. The third kappa shape index (κ3) is 4.46. The molecule has 9 nitrogen and oxygen atoms in total. The maximum absolute atomic E-state index is 14.9. The number of aryl methyl sites for hydroxylation is 1. The van der Waals surface area contributed by atoms with E-state index in [1.54, 1.807) is 12.1 Å². The summed E-state index contributed by atoms with van der Waals surface area (Å²) < 4.78 is 40.9. The van der Waals surface area contributed by atoms with Gasteiger partial charge in [-0.1, -0.05) is 13.0 Å². The lowest BCUT2D eigenvalue weighted by molar-refractivity contribution is 0.0996. The number of halogens is 2. The number of anilines is 2. The molecule has 3 atom stereocenters. The molecule has 0 radical (unpaired) electrons. The summed E-state index contributed by atoms with van der Waals surface area (Å²) in [5, 5.41) is 15.1. The number of alkyl halides is 1. The van der Waals surface area contributed by atoms with Crippen molar-refractivity contribution in [1.82, 2.24) is 14.9 Å². The van der Waals surface area contributed by atoms with Crippen LogP contribution in [0.2, 0.25) is 0 Å². The fourth-order valence-corrected chi connectivity index (χ4v) is 7.07. The molecule has 1 aromatic heterocycles. The highest BCUT2D eigenvalue weighted by molar-refractivity contribution is 6.16. The summed E-state index contributed by atoms with van der Waals surface area (Å²) in [6.45, 7) is 4.60. The Labute approximate surface area is 236 Å². The first-order chi connectivity index (χ1) is 19.8. The van der Waals surface area contributed by atoms with Gasteiger partial charge in [-0.2, -0.15) is 9.97 Å². The minimum absolute atomic E-state index is 0.0235. The van der Waals surface area contributed by atoms with Crippen LogP contribution in [0, 0.1) is 5.82 Å². The van der Waals surface area contributed by atoms with Crippen molar-refractivity contribution in [2.24, 2.45) is 0 Å². The lowest BCUT2D eigenvalue weighted by atomic mass is 9.95. The van der Waals surface area contributed by atoms with E-state index in [0.29, 0.717) is 71.7 Å². The zero-order valence-corrected chi connectivity index (χ0v) is 23.0. The summed E-state index contributed by atoms with van der Waals surface area (Å²) in [7, 11) is 0. The van der Waals surface area contributed by atoms with Crippen molar-refractivity contribution in [3.8, 4) is 11.8 Å². The maximum Gasteiger partial charge on any atom is 0.318 e. The molecule has 4 aliphatic rings. The van der Waals surface area contributed by atoms with Crippen molar-refractivity contribution < 1.29 is 28.2 Å². The second-order valence-corrected chi connectivity index (χ2v) is 11.6. The van der Waals surface area contributed by atoms with Gasteiger partial charge >= 0.3 is 6.01 Å². The molecular formula is C30H33F2N5O4. The highest BCUT2D eigenvalue weighted by Gasteiger charge is 2.49. The summed E-state index contributed by atoms with van der Waals surface area (Å²) in [5.74, 6) is -0.375. The molecule has 3 aromatic rings. The number of phenolic OH excluding ortho intramolecular Hbond substituents is 1. The smallest absolute Gasteiger partial charge is 0.318 e. The third-order valence-electron chi connectivity index (χ3n) is 9.01. The quantitative estimate of drug-likeness (QED) is 0.436. The number of carbonyl (C=O) groups is 1. The Bertz CT molecular complexity index is 1530. The Kier molecular flexibility index (Phi) is 6.46. The molecule has 4 aliphatic heterocycles. The fraction of sp³-hybridized carbons (Fsp3) is 0.500. The third-order valence-corrected chi connectivity index (χ3v) is 9.01. The Hall–Kier alpha value is -3.57. The molecule has 0 bridgehead atoms. The topological polar surface area (TPSA) is 100 Å². The first kappa shape index (κ1) is 26.3. The van der Waals surface area contributed by atoms with Crippen LogP contribution in [0.5, 0.6) is 11.8 Å². The average Bonchev–Trinajstić information content (AvgIpc) is 3.72. The van der Waals surface area contributed by atoms with Gasteiger partial charge in [-0.25, -0.2) is 8.78 Å². The van der Waals surface area contributed by atoms with E-state index in [1.807, 2.05) is 6.92 Å². The molecule has 2 aromatic carbocycles. The minimum atomic E-state index is -0.874. The number of nitrogens with one attached hydrogen (secondary N) is 1. The number of benzene rings is 2. The minimum Gasteiger partial charge on any atom is -0.508 e. The number of fused-ring (bicyclic) bond motifs is 3. The van der Waals surface area contributed by atoms with Gasteiger partial charge in [0.2, 0.25) is 0 Å². The Morgan fingerprint density at radius 3 is 2.98 bits per heavy atom. The molecular weight excluding hydrogens is 532 g/mol. The molecule has 5 heterocycles. The molecule has 11 heteroatoms. The Morgan fingerprint density at radius 2 is 2.17 bits per heavy atom. The molecule has 216 valence electrons. The summed E-state index contributed by atoms with van der Waals surface area (Å²) in [6.07, 6.45) is 2.59. The lowest BCUT2D eigenvalue weighted by Gasteiger charge is -2.30. The number of amides is 1. The summed E-state index contributed by atoms with van der Waals surface area (Å²) in [6, 6.07) is 6.15. The number of rotatable bonds is 7. The highest BCUT2D eigenvalue weighted by atomic mass is 19.1. The summed E-state index contributed by atoms with van der Waals surface area (Å²) >= 11 is 0. The van der Waals surface area contributed by atoms with Gasteiger partial charge in [-0.05, 0) is 55.3 Å². The standard InChI is InChI=1S/C30H33F2N5O4/c1-2-21-22(32)5-4-17-10-20(38)11-24(25(17)21)37-14-23-26(28(37)39)27(33-19-6-9-40-15-19)35-29(34-23)41-16-30-7-3-8-36(30)13-18(31)12-30/h4-5,10-11,18-19,38H,2-3,6-9,12-16H2,1H3,(H,33,34,35)/t18-,19?,30+/m1/s1. The highest BCUT2D eigenvalue weighted by Crippen LogP contribution is 2.42. The average molecular weight is 566 g/mol. The van der Waals surface area contributed by atoms with Crippen molar-refractivity contribution in [2.75, 3.05) is 43.1 Å². The van der Waals surface area contributed by atoms with Crippen molar-refractivity contribution in [2.45, 2.75) is 63.3 Å². The van der Waals surface area contributed by atoms with Gasteiger partial charge in [0.15, 0.2) is 0 Å². The second kappa shape index (κ2) is 10.1. The number of hydrogen-bond acceptors (Lipinski definition) is 8. The van der Waals surface area contributed by atoms with Crippen molar-refractivity contribution in [3.05, 3.63) is 46.9 Å². The Morgan fingerprint density at radius 1 is 1.29 bits per heavy atom. The van der Waals surface area contributed by atoms with E-state index < -0.39 is 6.17 Å². The first-order valence-corrected chi connectivity index (χ1v) is 14.4. The summed E-state index contributed by atoms with van der Waals surface area (Å²) in [4.78, 5) is 27.0. The van der Waals surface area contributed by atoms with E-state index >= 15 is 0 Å². The molecule has 3 saturated heterocycles. The Balaban J connectivity index is 1.26. The number of carbonyl (C=O) groups excluding carboxylic acids is 1. The number of hydrogen-bond donors (Lipinski definition) is 2. The van der Waals surface area contributed by atoms with Gasteiger partial charge < -0.3 is 24.8 Å². The van der Waals surface area contributed by atoms with Crippen LogP contribution in [0.4, 0.5) is 20.3 Å². The number of phenols is 1. The zero-order chi connectivity index (χ0) is 28.3. The van der Waals surface area contributed by atoms with Crippen LogP contribution in [0.3, 0.4) is 0 Å². The number of aromatic nitrogens is 2. The van der Waals surface area contributed by atoms with Crippen LogP contribution in [0.1, 0.15) is 54.2 Å². The summed E-state index contributed by atoms with van der Waals surface area (Å²) in [5.41, 5.74) is 1.32. The van der Waals surface area contributed by atoms with E-state index in [2.05, 4.69) is 20.2 Å². The molecule has 0 saturated carbocycles. The number of nitrogens with zero attached hydrogens (tertiary/aromatic N) is 4. The van der Waals surface area contributed by atoms with E-state index in [9.17, 15) is 18.7 Å². The van der Waals surface area contributed by atoms with E-state index in [0.717, 1.165) is 25.8 Å². The van der Waals surface area contributed by atoms with Crippen LogP contribution in [0.15, 0.2) is 24.3 Å². The molecule has 1 unspecified atom stereocenters. The van der Waals surface area contributed by atoms with E-state index in [-0.39, 0.29) is 48.2 Å². The zero-order valence-electron chi connectivity index (χ0n) is 23.0. The SMILES string of the molecule is CCc1c(F)ccc2cc(O)cc(N3Cc4nc(OC[C@@]56CCCN5C[C@H](F)C6)nc(NC5CCOC5)c4C3=O)c12. The van der Waals surface area contributed by atoms with Crippen molar-refractivity contribution in [1.29, 1.82) is 0 Å². The number of aromatic hydroxyl groups is 1. The molecule has 41 heavy (non-hydrogen) atoms. The lowest BCUT2D eigenvalue weighted by Crippen LogP contribution is -2.43. The molecule has 1 amide bonds. The van der Waals surface area contributed by atoms with Gasteiger partial charge in [-0.15, -0.1) is 0 Å². The number of ether oxygens (including phenoxy) is 2.